The van der Waals surface area contributed by atoms with Gasteiger partial charge in [-0.05, 0) is 13.8 Å². The van der Waals surface area contributed by atoms with Crippen molar-refractivity contribution in [3.63, 3.8) is 0 Å². The fourth-order valence-electron chi connectivity index (χ4n) is 0.232. The molecule has 0 amide bonds. The van der Waals surface area contributed by atoms with Crippen molar-refractivity contribution < 1.29 is 29.4 Å². The van der Waals surface area contributed by atoms with Crippen LogP contribution < -0.4 is 0 Å². The monoisotopic (exact) mass is 202 g/mol. The van der Waals surface area contributed by atoms with Gasteiger partial charge in [0.05, 0.1) is 0 Å². The van der Waals surface area contributed by atoms with E-state index in [1.165, 1.54) is 13.8 Å². The lowest BCUT2D eigenvalue weighted by molar-refractivity contribution is -0.598. The molecule has 0 saturated heterocycles. The molecule has 14 heavy (non-hydrogen) atoms. The minimum absolute atomic E-state index is 0.111. The molecule has 0 aromatic heterocycles. The van der Waals surface area contributed by atoms with E-state index in [9.17, 15) is 9.59 Å². The molecule has 0 N–H and O–H groups in total. The van der Waals surface area contributed by atoms with Gasteiger partial charge in [0.2, 0.25) is 0 Å². The van der Waals surface area contributed by atoms with Crippen LogP contribution >= 0.6 is 0 Å². The minimum Gasteiger partial charge on any atom is -0.261 e. The molecule has 0 atom stereocenters. The zero-order valence-corrected chi connectivity index (χ0v) is 7.86. The van der Waals surface area contributed by atoms with Gasteiger partial charge in [0.15, 0.2) is 0 Å². The van der Waals surface area contributed by atoms with Crippen molar-refractivity contribution in [2.75, 3.05) is 0 Å². The van der Waals surface area contributed by atoms with E-state index in [4.69, 9.17) is 0 Å². The molecular weight excluding hydrogens is 192 g/mol. The van der Waals surface area contributed by atoms with Gasteiger partial charge in [-0.25, -0.2) is 9.59 Å². The number of hydrogen-bond donors (Lipinski definition) is 0. The Morgan fingerprint density at radius 2 is 1.14 bits per heavy atom. The maximum Gasteiger partial charge on any atom is 0.371 e. The fourth-order valence-corrected chi connectivity index (χ4v) is 0.232. The lowest BCUT2D eigenvalue weighted by Gasteiger charge is -2.00. The molecule has 6 nitrogen and oxygen atoms in total. The third kappa shape index (κ3) is 5.07. The Morgan fingerprint density at radius 1 is 0.857 bits per heavy atom. The largest absolute Gasteiger partial charge is 0.371 e. The zero-order valence-electron chi connectivity index (χ0n) is 7.86. The number of rotatable bonds is 5. The second kappa shape index (κ2) is 5.90. The summed E-state index contributed by atoms with van der Waals surface area (Å²) in [5, 5.41) is 7.57. The van der Waals surface area contributed by atoms with Gasteiger partial charge in [0.25, 0.3) is 0 Å². The summed E-state index contributed by atoms with van der Waals surface area (Å²) in [4.78, 5) is 29.2. The molecule has 0 unspecified atom stereocenters. The number of carbonyl (C=O) groups is 2. The summed E-state index contributed by atoms with van der Waals surface area (Å²) in [6.07, 6.45) is 0. The molecule has 0 spiro atoms. The van der Waals surface area contributed by atoms with Crippen LogP contribution in [0.5, 0.6) is 0 Å². The average Bonchev–Trinajstić information content (AvgIpc) is 2.11. The predicted octanol–water partition coefficient (Wildman–Crippen LogP) is 1.00. The fraction of sp³-hybridized carbons (Fsp3) is 0.250. The van der Waals surface area contributed by atoms with Crippen LogP contribution in [0.4, 0.5) is 0 Å². The van der Waals surface area contributed by atoms with Crippen molar-refractivity contribution in [1.82, 2.24) is 0 Å². The van der Waals surface area contributed by atoms with Crippen LogP contribution in [0.1, 0.15) is 13.8 Å². The molecule has 0 heterocycles. The smallest absolute Gasteiger partial charge is 0.261 e. The van der Waals surface area contributed by atoms with Crippen molar-refractivity contribution in [2.45, 2.75) is 13.8 Å². The molecule has 78 valence electrons. The molecular formula is C8H10O6. The van der Waals surface area contributed by atoms with Crippen LogP contribution in [0, 0.1) is 0 Å². The van der Waals surface area contributed by atoms with E-state index in [1.54, 1.807) is 0 Å². The van der Waals surface area contributed by atoms with E-state index in [0.29, 0.717) is 0 Å². The van der Waals surface area contributed by atoms with Crippen molar-refractivity contribution in [1.29, 1.82) is 0 Å². The summed E-state index contributed by atoms with van der Waals surface area (Å²) in [6.45, 7) is 9.35. The average molecular weight is 202 g/mol. The van der Waals surface area contributed by atoms with Gasteiger partial charge >= 0.3 is 11.9 Å². The Morgan fingerprint density at radius 3 is 1.36 bits per heavy atom. The van der Waals surface area contributed by atoms with Gasteiger partial charge in [-0.1, -0.05) is 13.2 Å². The van der Waals surface area contributed by atoms with Crippen molar-refractivity contribution in [2.24, 2.45) is 0 Å². The van der Waals surface area contributed by atoms with Crippen LogP contribution in [-0.2, 0) is 29.4 Å². The molecule has 0 saturated carbocycles. The van der Waals surface area contributed by atoms with E-state index in [2.05, 4.69) is 33.0 Å². The van der Waals surface area contributed by atoms with Crippen molar-refractivity contribution >= 4 is 11.9 Å². The molecule has 0 aliphatic heterocycles. The van der Waals surface area contributed by atoms with Gasteiger partial charge in [0.1, 0.15) is 0 Å². The van der Waals surface area contributed by atoms with E-state index in [0.717, 1.165) is 0 Å². The van der Waals surface area contributed by atoms with Gasteiger partial charge in [-0.3, -0.25) is 9.78 Å². The van der Waals surface area contributed by atoms with Gasteiger partial charge < -0.3 is 0 Å². The third-order valence-electron chi connectivity index (χ3n) is 0.944. The normalized spacial score (nSPS) is 9.00. The highest BCUT2D eigenvalue weighted by molar-refractivity contribution is 5.86. The second-order valence-electron chi connectivity index (χ2n) is 2.44. The van der Waals surface area contributed by atoms with E-state index < -0.39 is 11.9 Å². The van der Waals surface area contributed by atoms with Crippen LogP contribution in [0.25, 0.3) is 0 Å². The number of hydrogen-bond acceptors (Lipinski definition) is 6. The summed E-state index contributed by atoms with van der Waals surface area (Å²) in [5.41, 5.74) is 0.222. The van der Waals surface area contributed by atoms with Gasteiger partial charge in [-0.15, -0.1) is 0 Å². The Kier molecular flexibility index (Phi) is 5.20. The maximum absolute atomic E-state index is 10.6. The number of carbonyl (C=O) groups excluding carboxylic acids is 2. The Hall–Kier alpha value is -1.66. The quantitative estimate of drug-likeness (QED) is 0.286. The first-order valence-corrected chi connectivity index (χ1v) is 3.52. The molecule has 0 rings (SSSR count). The minimum atomic E-state index is -0.837. The molecule has 0 aromatic carbocycles. The van der Waals surface area contributed by atoms with Crippen LogP contribution in [0.3, 0.4) is 0 Å². The van der Waals surface area contributed by atoms with Crippen LogP contribution in [0.15, 0.2) is 24.3 Å². The Labute approximate surface area is 80.5 Å². The maximum atomic E-state index is 10.6. The summed E-state index contributed by atoms with van der Waals surface area (Å²) < 4.78 is 0. The highest BCUT2D eigenvalue weighted by atomic mass is 17.7. The van der Waals surface area contributed by atoms with Gasteiger partial charge in [-0.2, -0.15) is 0 Å². The highest BCUT2D eigenvalue weighted by Crippen LogP contribution is 1.96. The lowest BCUT2D eigenvalue weighted by atomic mass is 10.4. The molecule has 0 aliphatic rings. The predicted molar refractivity (Wildman–Crippen MR) is 44.0 cm³/mol. The molecule has 0 fully saturated rings. The van der Waals surface area contributed by atoms with Gasteiger partial charge in [0, 0.05) is 21.2 Å². The van der Waals surface area contributed by atoms with Crippen LogP contribution in [0.2, 0.25) is 0 Å². The second-order valence-corrected chi connectivity index (χ2v) is 2.44. The molecule has 0 bridgehead atoms. The topological polar surface area (TPSA) is 71.1 Å². The van der Waals surface area contributed by atoms with Crippen LogP contribution in [-0.4, -0.2) is 11.9 Å². The van der Waals surface area contributed by atoms with E-state index in [1.807, 2.05) is 0 Å². The van der Waals surface area contributed by atoms with Crippen molar-refractivity contribution in [3.05, 3.63) is 24.3 Å². The first kappa shape index (κ1) is 12.3. The summed E-state index contributed by atoms with van der Waals surface area (Å²) in [5.74, 6) is -1.67. The summed E-state index contributed by atoms with van der Waals surface area (Å²) >= 11 is 0. The molecule has 6 heteroatoms. The Bertz CT molecular complexity index is 239. The molecule has 0 aromatic rings. The summed E-state index contributed by atoms with van der Waals surface area (Å²) in [6, 6.07) is 0. The summed E-state index contributed by atoms with van der Waals surface area (Å²) in [7, 11) is 0. The first-order chi connectivity index (χ1) is 6.45. The Balaban J connectivity index is 3.57. The highest BCUT2D eigenvalue weighted by Gasteiger charge is 2.08. The lowest BCUT2D eigenvalue weighted by Crippen LogP contribution is -2.10. The molecule has 0 aliphatic carbocycles. The SMILES string of the molecule is C=C(C)C(=O)OOOOC(=O)C(=C)C. The van der Waals surface area contributed by atoms with E-state index >= 15 is 0 Å². The van der Waals surface area contributed by atoms with Crippen molar-refractivity contribution in [3.8, 4) is 0 Å². The van der Waals surface area contributed by atoms with E-state index in [-0.39, 0.29) is 11.1 Å². The zero-order chi connectivity index (χ0) is 11.1. The first-order valence-electron chi connectivity index (χ1n) is 3.52. The standard InChI is InChI=1S/C8H10O6/c1-5(2)7(9)11-13-14-12-8(10)6(3)4/h1,3H2,2,4H3. The molecule has 0 radical (unpaired) electrons. The third-order valence-corrected chi connectivity index (χ3v) is 0.944.